The van der Waals surface area contributed by atoms with Crippen LogP contribution in [0, 0.1) is 12.8 Å². The Balaban J connectivity index is 0.00000242. The third-order valence-electron chi connectivity index (χ3n) is 3.41. The van der Waals surface area contributed by atoms with Gasteiger partial charge in [-0.25, -0.2) is 0 Å². The second-order valence-corrected chi connectivity index (χ2v) is 5.49. The maximum absolute atomic E-state index is 5.61. The molecular weight excluding hydrogens is 391 g/mol. The molecule has 0 atom stereocenters. The molecular formula is C16H27IN4O. The summed E-state index contributed by atoms with van der Waals surface area (Å²) in [5.74, 6) is 1.65. The minimum Gasteiger partial charge on any atom is -0.381 e. The van der Waals surface area contributed by atoms with Gasteiger partial charge in [0.25, 0.3) is 0 Å². The second kappa shape index (κ2) is 10.8. The average molecular weight is 418 g/mol. The van der Waals surface area contributed by atoms with Crippen molar-refractivity contribution in [2.45, 2.75) is 32.7 Å². The molecule has 0 saturated heterocycles. The molecule has 1 aromatic rings. The minimum absolute atomic E-state index is 0. The molecule has 1 aliphatic carbocycles. The first-order chi connectivity index (χ1) is 10.3. The lowest BCUT2D eigenvalue weighted by molar-refractivity contribution is 0.123. The van der Waals surface area contributed by atoms with E-state index in [2.05, 4.69) is 20.6 Å². The molecule has 0 bridgehead atoms. The first kappa shape index (κ1) is 19.2. The fraction of sp³-hybridized carbons (Fsp3) is 0.625. The van der Waals surface area contributed by atoms with Gasteiger partial charge in [0, 0.05) is 32.5 Å². The molecule has 22 heavy (non-hydrogen) atoms. The summed E-state index contributed by atoms with van der Waals surface area (Å²) in [6.07, 6.45) is 3.69. The van der Waals surface area contributed by atoms with Crippen LogP contribution in [0.2, 0.25) is 0 Å². The predicted molar refractivity (Wildman–Crippen MR) is 101 cm³/mol. The summed E-state index contributed by atoms with van der Waals surface area (Å²) in [4.78, 5) is 8.66. The predicted octanol–water partition coefficient (Wildman–Crippen LogP) is 2.49. The fourth-order valence-electron chi connectivity index (χ4n) is 2.01. The van der Waals surface area contributed by atoms with Gasteiger partial charge in [0.2, 0.25) is 0 Å². The topological polar surface area (TPSA) is 58.5 Å². The van der Waals surface area contributed by atoms with Gasteiger partial charge in [-0.15, -0.1) is 24.0 Å². The van der Waals surface area contributed by atoms with Crippen molar-refractivity contribution in [2.24, 2.45) is 10.9 Å². The van der Waals surface area contributed by atoms with Crippen molar-refractivity contribution in [1.29, 1.82) is 0 Å². The first-order valence-corrected chi connectivity index (χ1v) is 7.72. The molecule has 2 rings (SSSR count). The molecule has 0 amide bonds. The zero-order valence-electron chi connectivity index (χ0n) is 13.5. The molecule has 0 aromatic carbocycles. The molecule has 0 spiro atoms. The van der Waals surface area contributed by atoms with Crippen LogP contribution in [0.15, 0.2) is 23.2 Å². The maximum atomic E-state index is 5.61. The van der Waals surface area contributed by atoms with Gasteiger partial charge in [-0.1, -0.05) is 6.07 Å². The summed E-state index contributed by atoms with van der Waals surface area (Å²) in [5, 5.41) is 6.56. The lowest BCUT2D eigenvalue weighted by Crippen LogP contribution is -2.37. The number of ether oxygens (including phenoxy) is 1. The van der Waals surface area contributed by atoms with E-state index in [-0.39, 0.29) is 24.0 Å². The Bertz CT molecular complexity index is 463. The fourth-order valence-corrected chi connectivity index (χ4v) is 2.01. The lowest BCUT2D eigenvalue weighted by atomic mass is 10.3. The van der Waals surface area contributed by atoms with Crippen LogP contribution in [0.1, 0.15) is 30.7 Å². The van der Waals surface area contributed by atoms with Crippen molar-refractivity contribution >= 4 is 29.9 Å². The summed E-state index contributed by atoms with van der Waals surface area (Å²) in [6.45, 7) is 5.30. The number of aryl methyl sites for hydroxylation is 1. The van der Waals surface area contributed by atoms with Crippen molar-refractivity contribution in [3.05, 3.63) is 29.6 Å². The molecule has 1 aromatic heterocycles. The van der Waals surface area contributed by atoms with Crippen LogP contribution in [0.5, 0.6) is 0 Å². The number of guanidine groups is 1. The smallest absolute Gasteiger partial charge is 0.191 e. The Labute approximate surface area is 150 Å². The minimum atomic E-state index is 0. The van der Waals surface area contributed by atoms with Crippen molar-refractivity contribution in [1.82, 2.24) is 15.6 Å². The molecule has 5 nitrogen and oxygen atoms in total. The Morgan fingerprint density at radius 2 is 2.18 bits per heavy atom. The summed E-state index contributed by atoms with van der Waals surface area (Å²) in [7, 11) is 1.78. The van der Waals surface area contributed by atoms with Crippen LogP contribution in [-0.4, -0.2) is 37.7 Å². The molecule has 124 valence electrons. The Morgan fingerprint density at radius 1 is 1.36 bits per heavy atom. The van der Waals surface area contributed by atoms with E-state index in [0.717, 1.165) is 49.4 Å². The van der Waals surface area contributed by atoms with E-state index in [1.807, 2.05) is 25.1 Å². The molecule has 0 radical (unpaired) electrons. The number of rotatable bonds is 8. The van der Waals surface area contributed by atoms with Crippen LogP contribution >= 0.6 is 24.0 Å². The number of aromatic nitrogens is 1. The summed E-state index contributed by atoms with van der Waals surface area (Å²) in [6, 6.07) is 6.03. The van der Waals surface area contributed by atoms with Gasteiger partial charge in [0.1, 0.15) is 0 Å². The quantitative estimate of drug-likeness (QED) is 0.295. The number of hydrogen-bond donors (Lipinski definition) is 2. The van der Waals surface area contributed by atoms with Crippen LogP contribution < -0.4 is 10.6 Å². The van der Waals surface area contributed by atoms with Gasteiger partial charge < -0.3 is 15.4 Å². The van der Waals surface area contributed by atoms with Crippen molar-refractivity contribution in [3.8, 4) is 0 Å². The zero-order valence-corrected chi connectivity index (χ0v) is 15.8. The SMILES string of the molecule is CN=C(NCCCOCC1CC1)NCc1cccc(C)n1.I. The molecule has 2 N–H and O–H groups in total. The molecule has 1 fully saturated rings. The van der Waals surface area contributed by atoms with Gasteiger partial charge >= 0.3 is 0 Å². The van der Waals surface area contributed by atoms with Crippen molar-refractivity contribution in [3.63, 3.8) is 0 Å². The zero-order chi connectivity index (χ0) is 14.9. The second-order valence-electron chi connectivity index (χ2n) is 5.49. The van der Waals surface area contributed by atoms with E-state index in [1.165, 1.54) is 12.8 Å². The highest BCUT2D eigenvalue weighted by atomic mass is 127. The van der Waals surface area contributed by atoms with E-state index < -0.39 is 0 Å². The van der Waals surface area contributed by atoms with Gasteiger partial charge in [0.15, 0.2) is 5.96 Å². The van der Waals surface area contributed by atoms with E-state index in [4.69, 9.17) is 4.74 Å². The lowest BCUT2D eigenvalue weighted by Gasteiger charge is -2.12. The normalized spacial score (nSPS) is 14.4. The largest absolute Gasteiger partial charge is 0.381 e. The number of hydrogen-bond acceptors (Lipinski definition) is 3. The molecule has 0 aliphatic heterocycles. The van der Waals surface area contributed by atoms with E-state index in [1.54, 1.807) is 7.05 Å². The number of aliphatic imine (C=N–C) groups is 1. The Hall–Kier alpha value is -0.890. The van der Waals surface area contributed by atoms with Crippen molar-refractivity contribution < 1.29 is 4.74 Å². The third kappa shape index (κ3) is 7.93. The van der Waals surface area contributed by atoms with Gasteiger partial charge in [-0.2, -0.15) is 0 Å². The Kier molecular flexibility index (Phi) is 9.38. The summed E-state index contributed by atoms with van der Waals surface area (Å²) in [5.41, 5.74) is 2.05. The van der Waals surface area contributed by atoms with Crippen LogP contribution in [0.3, 0.4) is 0 Å². The van der Waals surface area contributed by atoms with E-state index >= 15 is 0 Å². The standard InChI is InChI=1S/C16H26N4O.HI/c1-13-5-3-6-15(20-13)11-19-16(17-2)18-9-4-10-21-12-14-7-8-14;/h3,5-6,14H,4,7-12H2,1-2H3,(H2,17,18,19);1H. The maximum Gasteiger partial charge on any atom is 0.191 e. The molecule has 1 heterocycles. The monoisotopic (exact) mass is 418 g/mol. The number of halogens is 1. The number of nitrogens with one attached hydrogen (secondary N) is 2. The average Bonchev–Trinajstić information content (AvgIpc) is 3.30. The highest BCUT2D eigenvalue weighted by Crippen LogP contribution is 2.28. The Morgan fingerprint density at radius 3 is 2.86 bits per heavy atom. The molecule has 0 unspecified atom stereocenters. The van der Waals surface area contributed by atoms with Crippen molar-refractivity contribution in [2.75, 3.05) is 26.8 Å². The summed E-state index contributed by atoms with van der Waals surface area (Å²) >= 11 is 0. The summed E-state index contributed by atoms with van der Waals surface area (Å²) < 4.78 is 5.61. The van der Waals surface area contributed by atoms with E-state index in [9.17, 15) is 0 Å². The van der Waals surface area contributed by atoms with Crippen LogP contribution in [0.4, 0.5) is 0 Å². The van der Waals surface area contributed by atoms with Gasteiger partial charge in [-0.3, -0.25) is 9.98 Å². The third-order valence-corrected chi connectivity index (χ3v) is 3.41. The van der Waals surface area contributed by atoms with Crippen LogP contribution in [-0.2, 0) is 11.3 Å². The molecule has 1 aliphatic rings. The number of nitrogens with zero attached hydrogens (tertiary/aromatic N) is 2. The molecule has 6 heteroatoms. The first-order valence-electron chi connectivity index (χ1n) is 7.72. The molecule has 1 saturated carbocycles. The van der Waals surface area contributed by atoms with Gasteiger partial charge in [0.05, 0.1) is 12.2 Å². The van der Waals surface area contributed by atoms with Crippen LogP contribution in [0.25, 0.3) is 0 Å². The van der Waals surface area contributed by atoms with Gasteiger partial charge in [-0.05, 0) is 44.2 Å². The number of pyridine rings is 1. The van der Waals surface area contributed by atoms with E-state index in [0.29, 0.717) is 6.54 Å². The highest BCUT2D eigenvalue weighted by molar-refractivity contribution is 14.0. The highest BCUT2D eigenvalue weighted by Gasteiger charge is 2.20.